The first-order valence-electron chi connectivity index (χ1n) is 6.10. The Balaban J connectivity index is 2.06. The first-order valence-corrected chi connectivity index (χ1v) is 6.10. The van der Waals surface area contributed by atoms with E-state index in [1.807, 2.05) is 0 Å². The number of benzene rings is 1. The fourth-order valence-electron chi connectivity index (χ4n) is 2.22. The Bertz CT molecular complexity index is 428. The highest BCUT2D eigenvalue weighted by Crippen LogP contribution is 2.30. The third-order valence-corrected chi connectivity index (χ3v) is 3.10. The molecule has 106 valence electrons. The lowest BCUT2D eigenvalue weighted by Crippen LogP contribution is -2.21. The van der Waals surface area contributed by atoms with E-state index in [0.717, 1.165) is 18.5 Å². The van der Waals surface area contributed by atoms with Crippen molar-refractivity contribution >= 4 is 0 Å². The predicted octanol–water partition coefficient (Wildman–Crippen LogP) is 1.86. The summed E-state index contributed by atoms with van der Waals surface area (Å²) in [5.41, 5.74) is 0.938. The Morgan fingerprint density at radius 2 is 2.21 bits per heavy atom. The molecule has 0 bridgehead atoms. The molecular formula is C13H17F2NO3. The number of aliphatic hydroxyl groups is 1. The Kier molecular flexibility index (Phi) is 4.55. The maximum absolute atomic E-state index is 12.2. The van der Waals surface area contributed by atoms with Gasteiger partial charge >= 0.3 is 6.61 Å². The number of halogens is 2. The van der Waals surface area contributed by atoms with Gasteiger partial charge in [0.05, 0.1) is 13.2 Å². The summed E-state index contributed by atoms with van der Waals surface area (Å²) in [4.78, 5) is 2.10. The number of likely N-dealkylation sites (tertiary alicyclic amines) is 1. The monoisotopic (exact) mass is 273 g/mol. The van der Waals surface area contributed by atoms with E-state index in [2.05, 4.69) is 9.64 Å². The van der Waals surface area contributed by atoms with Gasteiger partial charge in [0.15, 0.2) is 11.5 Å². The summed E-state index contributed by atoms with van der Waals surface area (Å²) in [6.07, 6.45) is 0.493. The number of nitrogens with zero attached hydrogens (tertiary/aromatic N) is 1. The lowest BCUT2D eigenvalue weighted by molar-refractivity contribution is -0.0512. The van der Waals surface area contributed by atoms with Crippen molar-refractivity contribution in [3.8, 4) is 11.5 Å². The van der Waals surface area contributed by atoms with Crippen LogP contribution >= 0.6 is 0 Å². The van der Waals surface area contributed by atoms with Gasteiger partial charge in [0.25, 0.3) is 0 Å². The van der Waals surface area contributed by atoms with Gasteiger partial charge in [-0.3, -0.25) is 4.90 Å². The minimum Gasteiger partial charge on any atom is -0.493 e. The van der Waals surface area contributed by atoms with E-state index in [1.165, 1.54) is 13.2 Å². The minimum atomic E-state index is -2.87. The van der Waals surface area contributed by atoms with E-state index < -0.39 is 6.61 Å². The Morgan fingerprint density at radius 3 is 2.79 bits per heavy atom. The average Bonchev–Trinajstić information content (AvgIpc) is 2.76. The van der Waals surface area contributed by atoms with Crippen LogP contribution in [0.4, 0.5) is 8.78 Å². The number of hydrogen-bond acceptors (Lipinski definition) is 4. The topological polar surface area (TPSA) is 41.9 Å². The van der Waals surface area contributed by atoms with Gasteiger partial charge in [-0.15, -0.1) is 0 Å². The molecule has 1 aromatic carbocycles. The SMILES string of the molecule is COc1cc(CN2CC[C@H](O)C2)ccc1OC(F)F. The second kappa shape index (κ2) is 6.16. The van der Waals surface area contributed by atoms with E-state index >= 15 is 0 Å². The molecule has 2 rings (SSSR count). The second-order valence-corrected chi connectivity index (χ2v) is 4.54. The third-order valence-electron chi connectivity index (χ3n) is 3.10. The minimum absolute atomic E-state index is 0.0303. The molecule has 0 saturated carbocycles. The van der Waals surface area contributed by atoms with Crippen LogP contribution in [-0.2, 0) is 6.54 Å². The highest BCUT2D eigenvalue weighted by Gasteiger charge is 2.20. The molecule has 1 aliphatic rings. The maximum Gasteiger partial charge on any atom is 0.387 e. The van der Waals surface area contributed by atoms with E-state index in [-0.39, 0.29) is 17.6 Å². The molecule has 1 atom stereocenters. The zero-order valence-corrected chi connectivity index (χ0v) is 10.7. The Morgan fingerprint density at radius 1 is 1.42 bits per heavy atom. The molecular weight excluding hydrogens is 256 g/mol. The summed E-state index contributed by atoms with van der Waals surface area (Å²) in [6, 6.07) is 4.89. The standard InChI is InChI=1S/C13H17F2NO3/c1-18-12-6-9(2-3-11(12)19-13(14)15)7-16-5-4-10(17)8-16/h2-3,6,10,13,17H,4-5,7-8H2,1H3/t10-/m0/s1. The normalized spacial score (nSPS) is 19.9. The van der Waals surface area contributed by atoms with Crippen molar-refractivity contribution in [3.63, 3.8) is 0 Å². The van der Waals surface area contributed by atoms with Crippen LogP contribution < -0.4 is 9.47 Å². The van der Waals surface area contributed by atoms with Crippen molar-refractivity contribution in [2.24, 2.45) is 0 Å². The van der Waals surface area contributed by atoms with Crippen molar-refractivity contribution in [1.29, 1.82) is 0 Å². The fraction of sp³-hybridized carbons (Fsp3) is 0.538. The van der Waals surface area contributed by atoms with Gasteiger partial charge in [0.1, 0.15) is 0 Å². The fourth-order valence-corrected chi connectivity index (χ4v) is 2.22. The van der Waals surface area contributed by atoms with Crippen molar-refractivity contribution in [1.82, 2.24) is 4.90 Å². The molecule has 0 amide bonds. The lowest BCUT2D eigenvalue weighted by atomic mass is 10.2. The predicted molar refractivity (Wildman–Crippen MR) is 65.5 cm³/mol. The molecule has 6 heteroatoms. The summed E-state index contributed by atoms with van der Waals surface area (Å²) in [5, 5.41) is 9.45. The molecule has 0 aliphatic carbocycles. The molecule has 1 aromatic rings. The molecule has 4 nitrogen and oxygen atoms in total. The zero-order valence-electron chi connectivity index (χ0n) is 10.7. The second-order valence-electron chi connectivity index (χ2n) is 4.54. The van der Waals surface area contributed by atoms with Gasteiger partial charge in [0.2, 0.25) is 0 Å². The van der Waals surface area contributed by atoms with E-state index in [1.54, 1.807) is 12.1 Å². The number of rotatable bonds is 5. The Hall–Kier alpha value is -1.40. The van der Waals surface area contributed by atoms with Crippen LogP contribution in [0.1, 0.15) is 12.0 Å². The van der Waals surface area contributed by atoms with Crippen LogP contribution in [-0.4, -0.2) is 42.9 Å². The highest BCUT2D eigenvalue weighted by atomic mass is 19.3. The summed E-state index contributed by atoms with van der Waals surface area (Å²) < 4.78 is 33.8. The molecule has 1 heterocycles. The first kappa shape index (κ1) is 14.0. The van der Waals surface area contributed by atoms with Crippen LogP contribution in [0.3, 0.4) is 0 Å². The molecule has 0 radical (unpaired) electrons. The van der Waals surface area contributed by atoms with E-state index in [9.17, 15) is 13.9 Å². The molecule has 0 unspecified atom stereocenters. The number of ether oxygens (including phenoxy) is 2. The average molecular weight is 273 g/mol. The molecule has 1 N–H and O–H groups in total. The number of alkyl halides is 2. The van der Waals surface area contributed by atoms with E-state index in [0.29, 0.717) is 13.1 Å². The summed E-state index contributed by atoms with van der Waals surface area (Å²) >= 11 is 0. The number of hydrogen-bond donors (Lipinski definition) is 1. The van der Waals surface area contributed by atoms with Crippen molar-refractivity contribution in [2.45, 2.75) is 25.7 Å². The van der Waals surface area contributed by atoms with Crippen molar-refractivity contribution in [3.05, 3.63) is 23.8 Å². The number of methoxy groups -OCH3 is 1. The van der Waals surface area contributed by atoms with Crippen LogP contribution in [0.5, 0.6) is 11.5 Å². The van der Waals surface area contributed by atoms with Gasteiger partial charge in [-0.1, -0.05) is 6.07 Å². The first-order chi connectivity index (χ1) is 9.08. The van der Waals surface area contributed by atoms with Crippen LogP contribution in [0.15, 0.2) is 18.2 Å². The molecule has 1 fully saturated rings. The smallest absolute Gasteiger partial charge is 0.387 e. The zero-order chi connectivity index (χ0) is 13.8. The molecule has 0 aromatic heterocycles. The van der Waals surface area contributed by atoms with Gasteiger partial charge < -0.3 is 14.6 Å². The van der Waals surface area contributed by atoms with Gasteiger partial charge in [-0.05, 0) is 24.1 Å². The Labute approximate surface area is 110 Å². The third kappa shape index (κ3) is 3.78. The molecule has 0 spiro atoms. The van der Waals surface area contributed by atoms with Crippen LogP contribution in [0.25, 0.3) is 0 Å². The highest BCUT2D eigenvalue weighted by molar-refractivity contribution is 5.43. The molecule has 19 heavy (non-hydrogen) atoms. The largest absolute Gasteiger partial charge is 0.493 e. The summed E-state index contributed by atoms with van der Waals surface area (Å²) in [7, 11) is 1.41. The van der Waals surface area contributed by atoms with Crippen LogP contribution in [0, 0.1) is 0 Å². The lowest BCUT2D eigenvalue weighted by Gasteiger charge is -2.16. The van der Waals surface area contributed by atoms with Crippen molar-refractivity contribution in [2.75, 3.05) is 20.2 Å². The summed E-state index contributed by atoms with van der Waals surface area (Å²) in [6.45, 7) is -0.743. The van der Waals surface area contributed by atoms with Crippen LogP contribution in [0.2, 0.25) is 0 Å². The maximum atomic E-state index is 12.2. The van der Waals surface area contributed by atoms with Gasteiger partial charge in [-0.25, -0.2) is 0 Å². The summed E-state index contributed by atoms with van der Waals surface area (Å²) in [5.74, 6) is 0.320. The van der Waals surface area contributed by atoms with E-state index in [4.69, 9.17) is 4.74 Å². The molecule has 1 saturated heterocycles. The molecule has 1 aliphatic heterocycles. The number of β-amino-alcohol motifs (C(OH)–C–C–N with tert-alkyl or cyclic N) is 1. The number of aliphatic hydroxyl groups excluding tert-OH is 1. The quantitative estimate of drug-likeness (QED) is 0.889. The van der Waals surface area contributed by atoms with Gasteiger partial charge in [-0.2, -0.15) is 8.78 Å². The van der Waals surface area contributed by atoms with Crippen molar-refractivity contribution < 1.29 is 23.4 Å². The van der Waals surface area contributed by atoms with Gasteiger partial charge in [0, 0.05) is 19.6 Å².